The van der Waals surface area contributed by atoms with Gasteiger partial charge in [-0.25, -0.2) is 0 Å². The number of aryl methyl sites for hydroxylation is 2. The van der Waals surface area contributed by atoms with Gasteiger partial charge in [0, 0.05) is 6.42 Å². The number of thiazole rings is 1. The second kappa shape index (κ2) is 4.50. The molecule has 0 atom stereocenters. The van der Waals surface area contributed by atoms with Crippen LogP contribution in [0, 0.1) is 6.92 Å². The maximum atomic E-state index is 2.29. The van der Waals surface area contributed by atoms with Crippen molar-refractivity contribution >= 4 is 11.3 Å². The summed E-state index contributed by atoms with van der Waals surface area (Å²) in [6.07, 6.45) is 6.20. The van der Waals surface area contributed by atoms with Crippen LogP contribution in [-0.2, 0) is 6.54 Å². The van der Waals surface area contributed by atoms with Crippen LogP contribution in [0.2, 0.25) is 0 Å². The molecule has 0 unspecified atom stereocenters. The molecule has 1 rings (SSSR count). The van der Waals surface area contributed by atoms with Crippen molar-refractivity contribution in [2.24, 2.45) is 0 Å². The Hall–Kier alpha value is -0.370. The predicted molar refractivity (Wildman–Crippen MR) is 48.8 cm³/mol. The lowest BCUT2D eigenvalue weighted by Gasteiger charge is -1.90. The lowest BCUT2D eigenvalue weighted by molar-refractivity contribution is -0.692. The second-order valence-electron chi connectivity index (χ2n) is 2.91. The summed E-state index contributed by atoms with van der Waals surface area (Å²) < 4.78 is 2.29. The van der Waals surface area contributed by atoms with Crippen molar-refractivity contribution in [3.8, 4) is 0 Å². The molecule has 0 saturated carbocycles. The van der Waals surface area contributed by atoms with Crippen LogP contribution in [0.3, 0.4) is 0 Å². The number of hydrogen-bond donors (Lipinski definition) is 0. The van der Waals surface area contributed by atoms with E-state index in [0.29, 0.717) is 0 Å². The first kappa shape index (κ1) is 8.72. The molecule has 2 heteroatoms. The summed E-state index contributed by atoms with van der Waals surface area (Å²) >= 11 is 1.83. The minimum Gasteiger partial charge on any atom is -0.195 e. The topological polar surface area (TPSA) is 3.88 Å². The maximum Gasteiger partial charge on any atom is 0.224 e. The van der Waals surface area contributed by atoms with Gasteiger partial charge in [-0.05, 0) is 13.3 Å². The molecule has 62 valence electrons. The molecule has 1 aromatic rings. The Balaban J connectivity index is 2.27. The third kappa shape index (κ3) is 3.02. The van der Waals surface area contributed by atoms with Gasteiger partial charge in [0.25, 0.3) is 0 Å². The van der Waals surface area contributed by atoms with E-state index in [1.807, 2.05) is 11.3 Å². The highest BCUT2D eigenvalue weighted by molar-refractivity contribution is 7.09. The standard InChI is InChI=1S/C9H16NS/c1-3-4-5-6-10-7-9(2)11-8-10/h7-8H,3-6H2,1-2H3/q+1. The molecule has 0 aliphatic rings. The molecular formula is C9H16NS+. The first-order valence-electron chi connectivity index (χ1n) is 4.27. The number of aromatic nitrogens is 1. The molecule has 1 aromatic heterocycles. The van der Waals surface area contributed by atoms with Crippen molar-refractivity contribution in [2.45, 2.75) is 39.7 Å². The van der Waals surface area contributed by atoms with Crippen LogP contribution in [0.4, 0.5) is 0 Å². The van der Waals surface area contributed by atoms with E-state index in [1.165, 1.54) is 30.7 Å². The van der Waals surface area contributed by atoms with Crippen molar-refractivity contribution in [3.05, 3.63) is 16.6 Å². The van der Waals surface area contributed by atoms with Gasteiger partial charge in [-0.3, -0.25) is 0 Å². The smallest absolute Gasteiger partial charge is 0.195 e. The molecule has 0 spiro atoms. The van der Waals surface area contributed by atoms with Crippen LogP contribution in [0.25, 0.3) is 0 Å². The third-order valence-corrected chi connectivity index (χ3v) is 2.59. The van der Waals surface area contributed by atoms with Crippen LogP contribution in [0.1, 0.15) is 31.1 Å². The molecule has 0 bridgehead atoms. The highest BCUT2D eigenvalue weighted by atomic mass is 32.1. The fourth-order valence-electron chi connectivity index (χ4n) is 1.11. The minimum atomic E-state index is 1.19. The molecule has 0 N–H and O–H groups in total. The molecule has 0 aromatic carbocycles. The maximum absolute atomic E-state index is 2.29. The van der Waals surface area contributed by atoms with E-state index in [4.69, 9.17) is 0 Å². The van der Waals surface area contributed by atoms with Gasteiger partial charge in [0.15, 0.2) is 6.20 Å². The van der Waals surface area contributed by atoms with Gasteiger partial charge < -0.3 is 0 Å². The molecule has 0 amide bonds. The van der Waals surface area contributed by atoms with Crippen LogP contribution >= 0.6 is 11.3 Å². The van der Waals surface area contributed by atoms with Crippen LogP contribution < -0.4 is 4.57 Å². The van der Waals surface area contributed by atoms with Gasteiger partial charge in [0.1, 0.15) is 6.54 Å². The number of unbranched alkanes of at least 4 members (excludes halogenated alkanes) is 2. The van der Waals surface area contributed by atoms with Crippen molar-refractivity contribution in [2.75, 3.05) is 0 Å². The molecule has 0 fully saturated rings. The molecule has 1 nitrogen and oxygen atoms in total. The van der Waals surface area contributed by atoms with Gasteiger partial charge in [-0.15, -0.1) is 0 Å². The fraction of sp³-hybridized carbons (Fsp3) is 0.667. The van der Waals surface area contributed by atoms with Crippen molar-refractivity contribution in [1.29, 1.82) is 0 Å². The highest BCUT2D eigenvalue weighted by Gasteiger charge is 2.01. The monoisotopic (exact) mass is 170 g/mol. The summed E-state index contributed by atoms with van der Waals surface area (Å²) in [5.74, 6) is 0. The first-order valence-corrected chi connectivity index (χ1v) is 5.15. The Labute approximate surface area is 72.7 Å². The molecule has 0 aliphatic heterocycles. The normalized spacial score (nSPS) is 10.4. The summed E-state index contributed by atoms with van der Waals surface area (Å²) in [5.41, 5.74) is 2.20. The number of nitrogens with zero attached hydrogens (tertiary/aromatic N) is 1. The van der Waals surface area contributed by atoms with E-state index < -0.39 is 0 Å². The van der Waals surface area contributed by atoms with Gasteiger partial charge >= 0.3 is 0 Å². The second-order valence-corrected chi connectivity index (χ2v) is 4.00. The Morgan fingerprint density at radius 1 is 1.45 bits per heavy atom. The van der Waals surface area contributed by atoms with Gasteiger partial charge in [-0.1, -0.05) is 24.7 Å². The Bertz CT molecular complexity index is 205. The van der Waals surface area contributed by atoms with Crippen molar-refractivity contribution in [3.63, 3.8) is 0 Å². The summed E-state index contributed by atoms with van der Waals surface area (Å²) in [5, 5.41) is 0. The van der Waals surface area contributed by atoms with E-state index in [-0.39, 0.29) is 0 Å². The van der Waals surface area contributed by atoms with Gasteiger partial charge in [0.05, 0.1) is 4.88 Å². The summed E-state index contributed by atoms with van der Waals surface area (Å²) in [7, 11) is 0. The zero-order valence-corrected chi connectivity index (χ0v) is 8.16. The molecule has 1 heterocycles. The average Bonchev–Trinajstić information content (AvgIpc) is 2.37. The van der Waals surface area contributed by atoms with Gasteiger partial charge in [0.2, 0.25) is 5.51 Å². The third-order valence-electron chi connectivity index (χ3n) is 1.74. The van der Waals surface area contributed by atoms with E-state index >= 15 is 0 Å². The number of hydrogen-bond acceptors (Lipinski definition) is 1. The van der Waals surface area contributed by atoms with E-state index in [0.717, 1.165) is 0 Å². The SMILES string of the molecule is CCCCC[n+]1csc(C)c1. The van der Waals surface area contributed by atoms with Crippen molar-refractivity contribution in [1.82, 2.24) is 0 Å². The van der Waals surface area contributed by atoms with Gasteiger partial charge in [-0.2, -0.15) is 4.57 Å². The Kier molecular flexibility index (Phi) is 3.57. The highest BCUT2D eigenvalue weighted by Crippen LogP contribution is 2.01. The molecule has 0 saturated heterocycles. The fourth-order valence-corrected chi connectivity index (χ4v) is 1.77. The van der Waals surface area contributed by atoms with E-state index in [1.54, 1.807) is 0 Å². The Morgan fingerprint density at radius 3 is 2.82 bits per heavy atom. The molecular weight excluding hydrogens is 154 g/mol. The Morgan fingerprint density at radius 2 is 2.27 bits per heavy atom. The lowest BCUT2D eigenvalue weighted by Crippen LogP contribution is -2.29. The van der Waals surface area contributed by atoms with Crippen LogP contribution in [0.15, 0.2) is 11.7 Å². The molecule has 0 aliphatic carbocycles. The quantitative estimate of drug-likeness (QED) is 0.483. The zero-order chi connectivity index (χ0) is 8.10. The average molecular weight is 170 g/mol. The van der Waals surface area contributed by atoms with Crippen LogP contribution in [0.5, 0.6) is 0 Å². The lowest BCUT2D eigenvalue weighted by atomic mass is 10.2. The minimum absolute atomic E-state index is 1.19. The summed E-state index contributed by atoms with van der Waals surface area (Å²) in [4.78, 5) is 1.40. The van der Waals surface area contributed by atoms with Crippen molar-refractivity contribution < 1.29 is 4.57 Å². The summed E-state index contributed by atoms with van der Waals surface area (Å²) in [6, 6.07) is 0. The largest absolute Gasteiger partial charge is 0.224 e. The van der Waals surface area contributed by atoms with E-state index in [9.17, 15) is 0 Å². The molecule has 11 heavy (non-hydrogen) atoms. The summed E-state index contributed by atoms with van der Waals surface area (Å²) in [6.45, 7) is 5.59. The first-order chi connectivity index (χ1) is 5.33. The van der Waals surface area contributed by atoms with Crippen LogP contribution in [-0.4, -0.2) is 0 Å². The number of rotatable bonds is 4. The van der Waals surface area contributed by atoms with E-state index in [2.05, 4.69) is 30.1 Å². The zero-order valence-electron chi connectivity index (χ0n) is 7.34. The molecule has 0 radical (unpaired) electrons. The predicted octanol–water partition coefficient (Wildman–Crippen LogP) is 2.53.